The van der Waals surface area contributed by atoms with Crippen molar-refractivity contribution in [2.75, 3.05) is 11.9 Å². The van der Waals surface area contributed by atoms with Crippen LogP contribution in [-0.4, -0.2) is 32.1 Å². The van der Waals surface area contributed by atoms with Crippen molar-refractivity contribution in [3.05, 3.63) is 50.4 Å². The first-order valence-electron chi connectivity index (χ1n) is 9.12. The van der Waals surface area contributed by atoms with Gasteiger partial charge in [0.1, 0.15) is 4.90 Å². The first-order chi connectivity index (χ1) is 15.1. The SMILES string of the molecule is CCOc1cc(/C=C2\SC(=O)NC2=O)cc(I)c1OS(=O)(=O)c1ccc(NC(C)=O)cc1. The lowest BCUT2D eigenvalue weighted by molar-refractivity contribution is -0.115. The summed E-state index contributed by atoms with van der Waals surface area (Å²) in [5.74, 6) is -0.612. The maximum Gasteiger partial charge on any atom is 0.339 e. The standard InChI is InChI=1S/C20H17IN2O7S2/c1-3-29-16-9-12(10-17-19(25)23-20(26)31-17)8-15(21)18(16)30-32(27,28)14-6-4-13(5-7-14)22-11(2)24/h4-10H,3H2,1-2H3,(H,22,24)(H,23,25,26)/b17-10-. The first kappa shape index (κ1) is 24.1. The van der Waals surface area contributed by atoms with E-state index >= 15 is 0 Å². The number of anilines is 1. The van der Waals surface area contributed by atoms with Gasteiger partial charge in [0.25, 0.3) is 11.1 Å². The summed E-state index contributed by atoms with van der Waals surface area (Å²) in [7, 11) is -4.20. The van der Waals surface area contributed by atoms with Crippen LogP contribution in [0.2, 0.25) is 0 Å². The molecule has 1 aliphatic rings. The third kappa shape index (κ3) is 5.81. The lowest BCUT2D eigenvalue weighted by Gasteiger charge is -2.15. The van der Waals surface area contributed by atoms with E-state index in [1.54, 1.807) is 13.0 Å². The van der Waals surface area contributed by atoms with Crippen molar-refractivity contribution in [3.63, 3.8) is 0 Å². The van der Waals surface area contributed by atoms with E-state index in [1.165, 1.54) is 43.3 Å². The number of benzene rings is 2. The Balaban J connectivity index is 1.93. The number of halogens is 1. The quantitative estimate of drug-likeness (QED) is 0.285. The van der Waals surface area contributed by atoms with Crippen LogP contribution in [0.3, 0.4) is 0 Å². The Labute approximate surface area is 202 Å². The van der Waals surface area contributed by atoms with E-state index in [9.17, 15) is 22.8 Å². The van der Waals surface area contributed by atoms with Crippen LogP contribution < -0.4 is 19.6 Å². The number of ether oxygens (including phenoxy) is 1. The largest absolute Gasteiger partial charge is 0.490 e. The number of carbonyl (C=O) groups excluding carboxylic acids is 3. The van der Waals surface area contributed by atoms with Gasteiger partial charge in [-0.05, 0) is 89.3 Å². The zero-order valence-electron chi connectivity index (χ0n) is 16.8. The Morgan fingerprint density at radius 1 is 1.22 bits per heavy atom. The summed E-state index contributed by atoms with van der Waals surface area (Å²) in [6, 6.07) is 8.68. The lowest BCUT2D eigenvalue weighted by Crippen LogP contribution is -2.17. The maximum absolute atomic E-state index is 12.8. The molecule has 3 rings (SSSR count). The molecule has 1 fully saturated rings. The normalized spacial score (nSPS) is 14.9. The molecule has 0 saturated carbocycles. The first-order valence-corrected chi connectivity index (χ1v) is 12.4. The van der Waals surface area contributed by atoms with Gasteiger partial charge in [-0.1, -0.05) is 0 Å². The van der Waals surface area contributed by atoms with Crippen LogP contribution >= 0.6 is 34.4 Å². The van der Waals surface area contributed by atoms with Crippen LogP contribution in [-0.2, 0) is 19.7 Å². The van der Waals surface area contributed by atoms with Crippen LogP contribution in [0.1, 0.15) is 19.4 Å². The Kier molecular flexibility index (Phi) is 7.46. The Morgan fingerprint density at radius 2 is 1.91 bits per heavy atom. The second-order valence-corrected chi connectivity index (χ2v) is 10.1. The van der Waals surface area contributed by atoms with Crippen molar-refractivity contribution in [2.24, 2.45) is 0 Å². The van der Waals surface area contributed by atoms with E-state index < -0.39 is 21.3 Å². The average molecular weight is 588 g/mol. The van der Waals surface area contributed by atoms with Crippen molar-refractivity contribution in [2.45, 2.75) is 18.7 Å². The van der Waals surface area contributed by atoms with Gasteiger partial charge in [0, 0.05) is 12.6 Å². The van der Waals surface area contributed by atoms with Gasteiger partial charge in [-0.15, -0.1) is 0 Å². The van der Waals surface area contributed by atoms with Gasteiger partial charge in [0.05, 0.1) is 15.1 Å². The highest BCUT2D eigenvalue weighted by Crippen LogP contribution is 2.38. The van der Waals surface area contributed by atoms with Gasteiger partial charge in [-0.3, -0.25) is 19.7 Å². The Morgan fingerprint density at radius 3 is 2.47 bits per heavy atom. The molecule has 0 unspecified atom stereocenters. The number of imide groups is 1. The molecule has 0 aliphatic carbocycles. The minimum Gasteiger partial charge on any atom is -0.490 e. The summed E-state index contributed by atoms with van der Waals surface area (Å²) in [4.78, 5) is 34.4. The van der Waals surface area contributed by atoms with Gasteiger partial charge in [-0.25, -0.2) is 0 Å². The smallest absolute Gasteiger partial charge is 0.339 e. The van der Waals surface area contributed by atoms with E-state index in [1.807, 2.05) is 22.6 Å². The number of thioether (sulfide) groups is 1. The van der Waals surface area contributed by atoms with E-state index in [0.717, 1.165) is 11.8 Å². The molecule has 0 atom stereocenters. The second kappa shape index (κ2) is 9.92. The molecule has 2 aromatic rings. The molecule has 2 N–H and O–H groups in total. The highest BCUT2D eigenvalue weighted by atomic mass is 127. The molecule has 1 saturated heterocycles. The van der Waals surface area contributed by atoms with E-state index in [4.69, 9.17) is 8.92 Å². The molecule has 168 valence electrons. The molecule has 9 nitrogen and oxygen atoms in total. The molecule has 12 heteroatoms. The molecule has 0 bridgehead atoms. The fraction of sp³-hybridized carbons (Fsp3) is 0.150. The van der Waals surface area contributed by atoms with Gasteiger partial charge in [0.15, 0.2) is 11.5 Å². The van der Waals surface area contributed by atoms with Crippen LogP contribution in [0.4, 0.5) is 10.5 Å². The Hall–Kier alpha value is -2.58. The summed E-state index contributed by atoms with van der Waals surface area (Å²) in [5, 5.41) is 4.27. The third-order valence-corrected chi connectivity index (χ3v) is 6.78. The molecule has 32 heavy (non-hydrogen) atoms. The van der Waals surface area contributed by atoms with Crippen LogP contribution in [0, 0.1) is 3.57 Å². The predicted molar refractivity (Wildman–Crippen MR) is 128 cm³/mol. The fourth-order valence-corrected chi connectivity index (χ4v) is 5.18. The topological polar surface area (TPSA) is 128 Å². The summed E-state index contributed by atoms with van der Waals surface area (Å²) < 4.78 is 37.0. The van der Waals surface area contributed by atoms with Crippen LogP contribution in [0.5, 0.6) is 11.5 Å². The number of hydrogen-bond acceptors (Lipinski definition) is 8. The van der Waals surface area contributed by atoms with Gasteiger partial charge < -0.3 is 14.2 Å². The molecule has 0 spiro atoms. The summed E-state index contributed by atoms with van der Waals surface area (Å²) >= 11 is 2.68. The molecular formula is C20H17IN2O7S2. The van der Waals surface area contributed by atoms with Crippen molar-refractivity contribution in [3.8, 4) is 11.5 Å². The second-order valence-electron chi connectivity index (χ2n) is 6.36. The number of rotatable bonds is 7. The minimum atomic E-state index is -4.20. The Bertz CT molecular complexity index is 1230. The van der Waals surface area contributed by atoms with E-state index in [2.05, 4.69) is 10.6 Å². The number of nitrogens with one attached hydrogen (secondary N) is 2. The van der Waals surface area contributed by atoms with Crippen LogP contribution in [0.25, 0.3) is 6.08 Å². The summed E-state index contributed by atoms with van der Waals surface area (Å²) in [6.07, 6.45) is 1.51. The highest BCUT2D eigenvalue weighted by Gasteiger charge is 2.26. The van der Waals surface area contributed by atoms with E-state index in [-0.39, 0.29) is 33.8 Å². The predicted octanol–water partition coefficient (Wildman–Crippen LogP) is 3.74. The zero-order valence-corrected chi connectivity index (χ0v) is 20.6. The molecule has 0 aromatic heterocycles. The van der Waals surface area contributed by atoms with Crippen LogP contribution in [0.15, 0.2) is 46.2 Å². The van der Waals surface area contributed by atoms with Gasteiger partial charge in [-0.2, -0.15) is 8.42 Å². The van der Waals surface area contributed by atoms with Crippen molar-refractivity contribution < 1.29 is 31.7 Å². The third-order valence-electron chi connectivity index (χ3n) is 3.93. The summed E-state index contributed by atoms with van der Waals surface area (Å²) in [6.45, 7) is 3.32. The number of carbonyl (C=O) groups is 3. The van der Waals surface area contributed by atoms with E-state index in [0.29, 0.717) is 14.8 Å². The molecule has 1 heterocycles. The molecular weight excluding hydrogens is 571 g/mol. The van der Waals surface area contributed by atoms with Gasteiger partial charge in [0.2, 0.25) is 5.91 Å². The van der Waals surface area contributed by atoms with Crippen molar-refractivity contribution >= 4 is 73.3 Å². The average Bonchev–Trinajstić information content (AvgIpc) is 3.01. The molecule has 3 amide bonds. The summed E-state index contributed by atoms with van der Waals surface area (Å²) in [5.41, 5.74) is 0.986. The van der Waals surface area contributed by atoms with Crippen molar-refractivity contribution in [1.29, 1.82) is 0 Å². The molecule has 0 radical (unpaired) electrons. The monoisotopic (exact) mass is 588 g/mol. The molecule has 2 aromatic carbocycles. The number of hydrogen-bond donors (Lipinski definition) is 2. The minimum absolute atomic E-state index is 0.000130. The maximum atomic E-state index is 12.8. The zero-order chi connectivity index (χ0) is 23.5. The van der Waals surface area contributed by atoms with Gasteiger partial charge >= 0.3 is 10.1 Å². The fourth-order valence-electron chi connectivity index (χ4n) is 2.65. The van der Waals surface area contributed by atoms with Crippen molar-refractivity contribution in [1.82, 2.24) is 5.32 Å². The lowest BCUT2D eigenvalue weighted by atomic mass is 10.2. The molecule has 1 aliphatic heterocycles. The highest BCUT2D eigenvalue weighted by molar-refractivity contribution is 14.1. The number of amides is 3.